The van der Waals surface area contributed by atoms with Crippen molar-refractivity contribution in [3.8, 4) is 0 Å². The first kappa shape index (κ1) is 20.4. The van der Waals surface area contributed by atoms with E-state index in [0.29, 0.717) is 23.4 Å². The van der Waals surface area contributed by atoms with Crippen molar-refractivity contribution in [1.29, 1.82) is 0 Å². The summed E-state index contributed by atoms with van der Waals surface area (Å²) >= 11 is 0. The van der Waals surface area contributed by atoms with Gasteiger partial charge in [-0.1, -0.05) is 18.2 Å². The molecule has 1 aliphatic rings. The highest BCUT2D eigenvalue weighted by molar-refractivity contribution is 5.88. The van der Waals surface area contributed by atoms with Gasteiger partial charge in [-0.25, -0.2) is 9.59 Å². The van der Waals surface area contributed by atoms with Crippen molar-refractivity contribution in [3.05, 3.63) is 41.6 Å². The van der Waals surface area contributed by atoms with Crippen LogP contribution in [0.2, 0.25) is 0 Å². The number of rotatable bonds is 4. The second-order valence-corrected chi connectivity index (χ2v) is 7.51. The fraction of sp³-hybridized carbons (Fsp3) is 0.400. The fourth-order valence-electron chi connectivity index (χ4n) is 3.03. The van der Waals surface area contributed by atoms with Gasteiger partial charge in [0, 0.05) is 5.56 Å². The molecule has 2 amide bonds. The maximum Gasteiger partial charge on any atom is 0.435 e. The van der Waals surface area contributed by atoms with Crippen LogP contribution in [-0.2, 0) is 27.4 Å². The lowest BCUT2D eigenvalue weighted by molar-refractivity contribution is -0.106. The van der Waals surface area contributed by atoms with E-state index in [1.54, 1.807) is 52.0 Å². The van der Waals surface area contributed by atoms with Crippen LogP contribution in [0, 0.1) is 0 Å². The molecule has 0 atom stereocenters. The largest absolute Gasteiger partial charge is 0.448 e. The molecule has 0 spiro atoms. The van der Waals surface area contributed by atoms with Crippen LogP contribution < -0.4 is 4.90 Å². The minimum absolute atomic E-state index is 0.123. The van der Waals surface area contributed by atoms with Crippen molar-refractivity contribution in [2.24, 2.45) is 0 Å². The number of anilines is 2. The lowest BCUT2D eigenvalue weighted by Gasteiger charge is -2.24. The molecule has 1 aliphatic heterocycles. The molecular formula is C20H24N4O5. The molecule has 0 radical (unpaired) electrons. The molecule has 0 N–H and O–H groups in total. The molecule has 3 rings (SSSR count). The maximum atomic E-state index is 12.5. The average molecular weight is 400 g/mol. The fourth-order valence-corrected chi connectivity index (χ4v) is 3.03. The van der Waals surface area contributed by atoms with Gasteiger partial charge in [0.1, 0.15) is 5.60 Å². The zero-order chi connectivity index (χ0) is 21.2. The molecule has 1 aromatic carbocycles. The van der Waals surface area contributed by atoms with Crippen LogP contribution in [0.5, 0.6) is 0 Å². The lowest BCUT2D eigenvalue weighted by atomic mass is 10.2. The third-order valence-electron chi connectivity index (χ3n) is 4.22. The summed E-state index contributed by atoms with van der Waals surface area (Å²) in [7, 11) is 0. The summed E-state index contributed by atoms with van der Waals surface area (Å²) in [6.45, 7) is 7.50. The van der Waals surface area contributed by atoms with E-state index in [4.69, 9.17) is 9.47 Å². The number of aromatic nitrogens is 2. The lowest BCUT2D eigenvalue weighted by Crippen LogP contribution is -2.34. The first-order valence-corrected chi connectivity index (χ1v) is 9.30. The summed E-state index contributed by atoms with van der Waals surface area (Å²) in [5.41, 5.74) is 1.03. The van der Waals surface area contributed by atoms with Gasteiger partial charge in [-0.15, -0.1) is 5.10 Å². The van der Waals surface area contributed by atoms with Gasteiger partial charge >= 0.3 is 12.2 Å². The number of benzene rings is 1. The summed E-state index contributed by atoms with van der Waals surface area (Å²) in [6, 6.07) is 8.93. The first-order valence-electron chi connectivity index (χ1n) is 9.30. The van der Waals surface area contributed by atoms with E-state index in [1.165, 1.54) is 9.80 Å². The Hall–Kier alpha value is -3.36. The number of carbonyl (C=O) groups is 3. The van der Waals surface area contributed by atoms with Gasteiger partial charge in [-0.2, -0.15) is 4.68 Å². The Morgan fingerprint density at radius 1 is 1.17 bits per heavy atom. The Balaban J connectivity index is 2.00. The summed E-state index contributed by atoms with van der Waals surface area (Å²) in [6.07, 6.45) is -0.545. The highest BCUT2D eigenvalue weighted by Crippen LogP contribution is 2.35. The van der Waals surface area contributed by atoms with Crippen LogP contribution in [0.1, 0.15) is 39.0 Å². The molecule has 9 heteroatoms. The molecule has 154 valence electrons. The first-order chi connectivity index (χ1) is 13.7. The summed E-state index contributed by atoms with van der Waals surface area (Å²) in [5, 5.41) is 4.32. The standard InChI is InChI=1S/C20H24N4O5/c1-5-28-19(27)24-16-12-22(18(26)29-20(2,3)4)11-15(16)17(21-24)23(13-25)14-9-7-6-8-10-14/h6-10,13H,5,11-12H2,1-4H3. The number of nitrogens with zero attached hydrogens (tertiary/aromatic N) is 4. The molecule has 2 aromatic rings. The molecule has 0 bridgehead atoms. The monoisotopic (exact) mass is 400 g/mol. The molecule has 0 aliphatic carbocycles. The number of fused-ring (bicyclic) bond motifs is 1. The minimum Gasteiger partial charge on any atom is -0.448 e. The van der Waals surface area contributed by atoms with Crippen LogP contribution in [-0.4, -0.2) is 45.5 Å². The van der Waals surface area contributed by atoms with Gasteiger partial charge in [0.05, 0.1) is 31.1 Å². The van der Waals surface area contributed by atoms with E-state index >= 15 is 0 Å². The van der Waals surface area contributed by atoms with Crippen molar-refractivity contribution in [2.75, 3.05) is 11.5 Å². The van der Waals surface area contributed by atoms with Crippen LogP contribution in [0.3, 0.4) is 0 Å². The molecule has 9 nitrogen and oxygen atoms in total. The molecule has 29 heavy (non-hydrogen) atoms. The second-order valence-electron chi connectivity index (χ2n) is 7.51. The predicted molar refractivity (Wildman–Crippen MR) is 105 cm³/mol. The van der Waals surface area contributed by atoms with Crippen LogP contribution in [0.4, 0.5) is 21.1 Å². The highest BCUT2D eigenvalue weighted by Gasteiger charge is 2.36. The Morgan fingerprint density at radius 2 is 1.86 bits per heavy atom. The molecular weight excluding hydrogens is 376 g/mol. The van der Waals surface area contributed by atoms with Crippen molar-refractivity contribution in [1.82, 2.24) is 14.7 Å². The molecule has 0 saturated carbocycles. The van der Waals surface area contributed by atoms with Gasteiger partial charge < -0.3 is 9.47 Å². The summed E-state index contributed by atoms with van der Waals surface area (Å²) < 4.78 is 11.6. The Labute approximate surface area is 168 Å². The van der Waals surface area contributed by atoms with E-state index in [1.807, 2.05) is 6.07 Å². The van der Waals surface area contributed by atoms with E-state index in [0.717, 1.165) is 4.68 Å². The third-order valence-corrected chi connectivity index (χ3v) is 4.22. The van der Waals surface area contributed by atoms with Gasteiger partial charge in [0.15, 0.2) is 5.82 Å². The van der Waals surface area contributed by atoms with Crippen molar-refractivity contribution in [2.45, 2.75) is 46.4 Å². The Kier molecular flexibility index (Phi) is 5.58. The molecule has 0 fully saturated rings. The van der Waals surface area contributed by atoms with Gasteiger partial charge in [0.2, 0.25) is 6.41 Å². The number of hydrogen-bond donors (Lipinski definition) is 0. The van der Waals surface area contributed by atoms with E-state index in [-0.39, 0.29) is 25.5 Å². The average Bonchev–Trinajstić information content (AvgIpc) is 3.22. The highest BCUT2D eigenvalue weighted by atomic mass is 16.6. The number of ether oxygens (including phenoxy) is 2. The van der Waals surface area contributed by atoms with Gasteiger partial charge in [-0.3, -0.25) is 14.6 Å². The summed E-state index contributed by atoms with van der Waals surface area (Å²) in [4.78, 5) is 39.6. The maximum absolute atomic E-state index is 12.5. The van der Waals surface area contributed by atoms with E-state index in [9.17, 15) is 14.4 Å². The van der Waals surface area contributed by atoms with Crippen molar-refractivity contribution < 1.29 is 23.9 Å². The second kappa shape index (κ2) is 7.94. The smallest absolute Gasteiger partial charge is 0.435 e. The zero-order valence-electron chi connectivity index (χ0n) is 16.9. The quantitative estimate of drug-likeness (QED) is 0.730. The zero-order valence-corrected chi connectivity index (χ0v) is 16.9. The number of para-hydroxylation sites is 1. The minimum atomic E-state index is -0.667. The number of amides is 2. The van der Waals surface area contributed by atoms with E-state index < -0.39 is 17.8 Å². The van der Waals surface area contributed by atoms with E-state index in [2.05, 4.69) is 5.10 Å². The van der Waals surface area contributed by atoms with Crippen LogP contribution in [0.15, 0.2) is 30.3 Å². The molecule has 2 heterocycles. The predicted octanol–water partition coefficient (Wildman–Crippen LogP) is 3.43. The van der Waals surface area contributed by atoms with Crippen LogP contribution >= 0.6 is 0 Å². The number of hydrogen-bond acceptors (Lipinski definition) is 6. The normalized spacial score (nSPS) is 13.0. The molecule has 1 aromatic heterocycles. The van der Waals surface area contributed by atoms with Gasteiger partial charge in [-0.05, 0) is 39.8 Å². The van der Waals surface area contributed by atoms with Crippen molar-refractivity contribution in [3.63, 3.8) is 0 Å². The Bertz CT molecular complexity index is 917. The van der Waals surface area contributed by atoms with Crippen LogP contribution in [0.25, 0.3) is 0 Å². The topological polar surface area (TPSA) is 94.0 Å². The summed E-state index contributed by atoms with van der Waals surface area (Å²) in [5.74, 6) is 0.278. The molecule has 0 unspecified atom stereocenters. The SMILES string of the molecule is CCOC(=O)n1nc(N(C=O)c2ccccc2)c2c1CN(C(=O)OC(C)(C)C)C2. The number of carbonyl (C=O) groups excluding carboxylic acids is 3. The Morgan fingerprint density at radius 3 is 2.45 bits per heavy atom. The third kappa shape index (κ3) is 4.23. The van der Waals surface area contributed by atoms with Gasteiger partial charge in [0.25, 0.3) is 0 Å². The molecule has 0 saturated heterocycles. The van der Waals surface area contributed by atoms with Crippen molar-refractivity contribution >= 4 is 30.1 Å².